The minimum Gasteiger partial charge on any atom is -0.302 e. The zero-order valence-electron chi connectivity index (χ0n) is 19.3. The van der Waals surface area contributed by atoms with Crippen LogP contribution in [0.1, 0.15) is 25.8 Å². The maximum absolute atomic E-state index is 13.2. The molecule has 0 aliphatic rings. The van der Waals surface area contributed by atoms with Crippen molar-refractivity contribution in [2.45, 2.75) is 32.1 Å². The molecule has 0 fully saturated rings. The molecule has 34 heavy (non-hydrogen) atoms. The SMILES string of the molecule is CCN(CC)CCN(C(=O)CCS(=O)(=O)c1ccc(F)cc1)c1nc2c(C)c(Cl)ccc2s1.Cl. The topological polar surface area (TPSA) is 70.6 Å². The second kappa shape index (κ2) is 12.3. The first-order valence-electron chi connectivity index (χ1n) is 10.7. The highest BCUT2D eigenvalue weighted by Gasteiger charge is 2.24. The Labute approximate surface area is 215 Å². The molecule has 0 atom stereocenters. The fraction of sp³-hybridized carbons (Fsp3) is 0.391. The van der Waals surface area contributed by atoms with Crippen molar-refractivity contribution in [1.29, 1.82) is 0 Å². The molecule has 1 aromatic heterocycles. The highest BCUT2D eigenvalue weighted by molar-refractivity contribution is 7.91. The molecule has 3 aromatic rings. The number of fused-ring (bicyclic) bond motifs is 1. The van der Waals surface area contributed by atoms with Crippen LogP contribution in [0.2, 0.25) is 5.02 Å². The lowest BCUT2D eigenvalue weighted by Crippen LogP contribution is -2.39. The smallest absolute Gasteiger partial charge is 0.229 e. The highest BCUT2D eigenvalue weighted by atomic mass is 35.5. The van der Waals surface area contributed by atoms with E-state index >= 15 is 0 Å². The molecule has 0 radical (unpaired) electrons. The van der Waals surface area contributed by atoms with E-state index in [-0.39, 0.29) is 35.4 Å². The molecule has 0 aliphatic heterocycles. The van der Waals surface area contributed by atoms with Crippen LogP contribution in [-0.2, 0) is 14.6 Å². The molecule has 0 N–H and O–H groups in total. The predicted molar refractivity (Wildman–Crippen MR) is 140 cm³/mol. The Morgan fingerprint density at radius 1 is 1.09 bits per heavy atom. The van der Waals surface area contributed by atoms with Crippen LogP contribution in [0.5, 0.6) is 0 Å². The number of carbonyl (C=O) groups excluding carboxylic acids is 1. The Bertz CT molecular complexity index is 1230. The number of thiazole rings is 1. The van der Waals surface area contributed by atoms with E-state index in [2.05, 4.69) is 9.88 Å². The Morgan fingerprint density at radius 2 is 1.74 bits per heavy atom. The van der Waals surface area contributed by atoms with Gasteiger partial charge in [-0.1, -0.05) is 36.8 Å². The number of carbonyl (C=O) groups is 1. The average Bonchev–Trinajstić information content (AvgIpc) is 3.23. The number of hydrogen-bond acceptors (Lipinski definition) is 6. The number of hydrogen-bond donors (Lipinski definition) is 0. The summed E-state index contributed by atoms with van der Waals surface area (Å²) in [4.78, 5) is 21.6. The number of benzene rings is 2. The standard InChI is InChI=1S/C23H27ClFN3O3S2.ClH/c1-4-27(5-2)13-14-28(23-26-22-16(3)19(24)10-11-20(22)32-23)21(29)12-15-33(30,31)18-8-6-17(25)7-9-18;/h6-11H,4-5,12-15H2,1-3H3;1H. The van der Waals surface area contributed by atoms with E-state index in [0.717, 1.165) is 41.0 Å². The maximum Gasteiger partial charge on any atom is 0.229 e. The molecule has 6 nitrogen and oxygen atoms in total. The fourth-order valence-electron chi connectivity index (χ4n) is 3.43. The fourth-order valence-corrected chi connectivity index (χ4v) is 5.88. The molecule has 1 amide bonds. The molecule has 186 valence electrons. The summed E-state index contributed by atoms with van der Waals surface area (Å²) in [7, 11) is -3.72. The van der Waals surface area contributed by atoms with Crippen LogP contribution in [0.25, 0.3) is 10.2 Å². The Hall–Kier alpha value is -1.78. The lowest BCUT2D eigenvalue weighted by Gasteiger charge is -2.24. The van der Waals surface area contributed by atoms with Gasteiger partial charge in [-0.15, -0.1) is 12.4 Å². The molecule has 0 bridgehead atoms. The van der Waals surface area contributed by atoms with Gasteiger partial charge in [0.05, 0.1) is 20.9 Å². The highest BCUT2D eigenvalue weighted by Crippen LogP contribution is 2.34. The van der Waals surface area contributed by atoms with Crippen molar-refractivity contribution in [3.05, 3.63) is 52.8 Å². The minimum atomic E-state index is -3.72. The lowest BCUT2D eigenvalue weighted by molar-refractivity contribution is -0.118. The predicted octanol–water partition coefficient (Wildman–Crippen LogP) is 5.36. The molecular weight excluding hydrogens is 520 g/mol. The third-order valence-corrected chi connectivity index (χ3v) is 8.75. The molecule has 0 spiro atoms. The normalized spacial score (nSPS) is 11.6. The molecule has 0 aliphatic carbocycles. The van der Waals surface area contributed by atoms with E-state index in [1.54, 1.807) is 11.0 Å². The summed E-state index contributed by atoms with van der Waals surface area (Å²) < 4.78 is 39.4. The number of rotatable bonds is 10. The first-order chi connectivity index (χ1) is 15.7. The van der Waals surface area contributed by atoms with Gasteiger partial charge in [0.1, 0.15) is 5.82 Å². The second-order valence-electron chi connectivity index (χ2n) is 7.61. The number of anilines is 1. The molecule has 2 aromatic carbocycles. The van der Waals surface area contributed by atoms with Crippen LogP contribution in [0, 0.1) is 12.7 Å². The van der Waals surface area contributed by atoms with Crippen molar-refractivity contribution in [2.24, 2.45) is 0 Å². The van der Waals surface area contributed by atoms with Crippen LogP contribution < -0.4 is 4.90 Å². The zero-order chi connectivity index (χ0) is 24.2. The summed E-state index contributed by atoms with van der Waals surface area (Å²) >= 11 is 7.61. The number of amides is 1. The zero-order valence-corrected chi connectivity index (χ0v) is 22.5. The van der Waals surface area contributed by atoms with Gasteiger partial charge in [-0.3, -0.25) is 9.69 Å². The van der Waals surface area contributed by atoms with E-state index in [1.807, 2.05) is 26.8 Å². The number of nitrogens with zero attached hydrogens (tertiary/aromatic N) is 3. The van der Waals surface area contributed by atoms with Crippen molar-refractivity contribution in [3.63, 3.8) is 0 Å². The molecule has 0 saturated heterocycles. The van der Waals surface area contributed by atoms with Crippen LogP contribution in [0.3, 0.4) is 0 Å². The summed E-state index contributed by atoms with van der Waals surface area (Å²) in [6, 6.07) is 8.30. The lowest BCUT2D eigenvalue weighted by atomic mass is 10.2. The molecule has 0 unspecified atom stereocenters. The van der Waals surface area contributed by atoms with Gasteiger partial charge in [-0.05, 0) is 62.0 Å². The van der Waals surface area contributed by atoms with Gasteiger partial charge in [0, 0.05) is 24.5 Å². The van der Waals surface area contributed by atoms with E-state index in [4.69, 9.17) is 11.6 Å². The third-order valence-electron chi connectivity index (χ3n) is 5.56. The Kier molecular flexibility index (Phi) is 10.3. The second-order valence-corrected chi connectivity index (χ2v) is 11.1. The van der Waals surface area contributed by atoms with Gasteiger partial charge < -0.3 is 4.90 Å². The average molecular weight is 549 g/mol. The largest absolute Gasteiger partial charge is 0.302 e. The van der Waals surface area contributed by atoms with E-state index in [9.17, 15) is 17.6 Å². The Morgan fingerprint density at radius 3 is 2.35 bits per heavy atom. The molecule has 0 saturated carbocycles. The summed E-state index contributed by atoms with van der Waals surface area (Å²) in [5.41, 5.74) is 1.58. The van der Waals surface area contributed by atoms with E-state index in [1.165, 1.54) is 23.5 Å². The molecule has 3 rings (SSSR count). The monoisotopic (exact) mass is 547 g/mol. The van der Waals surface area contributed by atoms with Crippen molar-refractivity contribution >= 4 is 66.4 Å². The van der Waals surface area contributed by atoms with Gasteiger partial charge >= 0.3 is 0 Å². The van der Waals surface area contributed by atoms with Gasteiger partial charge in [0.2, 0.25) is 5.91 Å². The molecular formula is C23H28Cl2FN3O3S2. The van der Waals surface area contributed by atoms with Crippen LogP contribution >= 0.6 is 35.3 Å². The number of sulfone groups is 1. The van der Waals surface area contributed by atoms with Crippen molar-refractivity contribution in [2.75, 3.05) is 36.8 Å². The van der Waals surface area contributed by atoms with Crippen molar-refractivity contribution < 1.29 is 17.6 Å². The number of aromatic nitrogens is 1. The van der Waals surface area contributed by atoms with Crippen LogP contribution in [-0.4, -0.2) is 56.1 Å². The Balaban J connectivity index is 0.00000408. The quantitative estimate of drug-likeness (QED) is 0.319. The first kappa shape index (κ1) is 28.5. The molecule has 11 heteroatoms. The van der Waals surface area contributed by atoms with E-state index in [0.29, 0.717) is 23.2 Å². The van der Waals surface area contributed by atoms with Crippen molar-refractivity contribution in [3.8, 4) is 0 Å². The maximum atomic E-state index is 13.2. The summed E-state index contributed by atoms with van der Waals surface area (Å²) in [5.74, 6) is -1.20. The van der Waals surface area contributed by atoms with Crippen LogP contribution in [0.15, 0.2) is 41.3 Å². The van der Waals surface area contributed by atoms with Crippen LogP contribution in [0.4, 0.5) is 9.52 Å². The summed E-state index contributed by atoms with van der Waals surface area (Å²) in [5, 5.41) is 1.12. The van der Waals surface area contributed by atoms with Crippen molar-refractivity contribution in [1.82, 2.24) is 9.88 Å². The third kappa shape index (κ3) is 6.66. The first-order valence-corrected chi connectivity index (χ1v) is 13.6. The van der Waals surface area contributed by atoms with Gasteiger partial charge in [0.25, 0.3) is 0 Å². The van der Waals surface area contributed by atoms with Gasteiger partial charge in [-0.2, -0.15) is 0 Å². The number of likely N-dealkylation sites (N-methyl/N-ethyl adjacent to an activating group) is 1. The minimum absolute atomic E-state index is 0. The number of halogens is 3. The summed E-state index contributed by atoms with van der Waals surface area (Å²) in [6.45, 7) is 8.69. The van der Waals surface area contributed by atoms with Gasteiger partial charge in [0.15, 0.2) is 15.0 Å². The molecule has 1 heterocycles. The van der Waals surface area contributed by atoms with Gasteiger partial charge in [-0.25, -0.2) is 17.8 Å². The summed E-state index contributed by atoms with van der Waals surface area (Å²) in [6.07, 6.45) is -0.201. The van der Waals surface area contributed by atoms with E-state index < -0.39 is 15.7 Å². The number of aryl methyl sites for hydroxylation is 1.